The average molecular weight is 342 g/mol. The van der Waals surface area contributed by atoms with Crippen LogP contribution in [-0.4, -0.2) is 23.5 Å². The first-order chi connectivity index (χ1) is 10.4. The van der Waals surface area contributed by atoms with Crippen molar-refractivity contribution in [3.05, 3.63) is 40.0 Å². The van der Waals surface area contributed by atoms with Gasteiger partial charge in [0.05, 0.1) is 10.0 Å². The van der Waals surface area contributed by atoms with Gasteiger partial charge in [-0.2, -0.15) is 5.26 Å². The van der Waals surface area contributed by atoms with Gasteiger partial charge in [0.2, 0.25) is 0 Å². The van der Waals surface area contributed by atoms with Crippen LogP contribution in [0.3, 0.4) is 0 Å². The summed E-state index contributed by atoms with van der Waals surface area (Å²) in [6, 6.07) is 6.31. The third kappa shape index (κ3) is 6.04. The van der Waals surface area contributed by atoms with Crippen LogP contribution in [0, 0.1) is 11.3 Å². The molecular formula is C14H13Cl2N3O3. The molecule has 0 fully saturated rings. The first kappa shape index (κ1) is 17.8. The third-order valence-electron chi connectivity index (χ3n) is 2.50. The van der Waals surface area contributed by atoms with Crippen LogP contribution in [0.15, 0.2) is 30.0 Å². The van der Waals surface area contributed by atoms with Gasteiger partial charge in [-0.3, -0.25) is 9.59 Å². The van der Waals surface area contributed by atoms with E-state index in [1.165, 1.54) is 18.3 Å². The smallest absolute Gasteiger partial charge is 0.303 e. The number of carboxylic acids is 1. The van der Waals surface area contributed by atoms with Crippen LogP contribution in [0.4, 0.5) is 5.69 Å². The molecule has 0 heterocycles. The number of carboxylic acid groups (broad SMARTS) is 1. The molecule has 0 unspecified atom stereocenters. The summed E-state index contributed by atoms with van der Waals surface area (Å²) in [4.78, 5) is 22.2. The number of carbonyl (C=O) groups is 2. The van der Waals surface area contributed by atoms with Crippen LogP contribution in [0.25, 0.3) is 0 Å². The predicted molar refractivity (Wildman–Crippen MR) is 83.7 cm³/mol. The fourth-order valence-electron chi connectivity index (χ4n) is 1.44. The van der Waals surface area contributed by atoms with Gasteiger partial charge in [0, 0.05) is 24.9 Å². The number of nitrogens with one attached hydrogen (secondary N) is 2. The van der Waals surface area contributed by atoms with E-state index in [2.05, 4.69) is 10.6 Å². The summed E-state index contributed by atoms with van der Waals surface area (Å²) in [7, 11) is 0. The number of amides is 1. The van der Waals surface area contributed by atoms with Crippen LogP contribution >= 0.6 is 23.2 Å². The Bertz CT molecular complexity index is 639. The summed E-state index contributed by atoms with van der Waals surface area (Å²) < 4.78 is 0. The molecule has 1 amide bonds. The number of carbonyl (C=O) groups excluding carboxylic acids is 1. The molecule has 6 nitrogen and oxygen atoms in total. The molecule has 0 aliphatic rings. The molecule has 0 saturated heterocycles. The van der Waals surface area contributed by atoms with Crippen molar-refractivity contribution in [2.45, 2.75) is 12.8 Å². The molecule has 0 aliphatic heterocycles. The SMILES string of the molecule is N#C/C(=C/NCCCC(=O)O)C(=O)Nc1ccc(Cl)c(Cl)c1. The highest BCUT2D eigenvalue weighted by Crippen LogP contribution is 2.25. The highest BCUT2D eigenvalue weighted by atomic mass is 35.5. The van der Waals surface area contributed by atoms with Crippen molar-refractivity contribution < 1.29 is 14.7 Å². The largest absolute Gasteiger partial charge is 0.481 e. The number of nitrogens with zero attached hydrogens (tertiary/aromatic N) is 1. The first-order valence-electron chi connectivity index (χ1n) is 6.26. The van der Waals surface area contributed by atoms with Gasteiger partial charge >= 0.3 is 5.97 Å². The number of hydrogen-bond acceptors (Lipinski definition) is 4. The molecule has 1 aromatic carbocycles. The number of nitriles is 1. The zero-order valence-corrected chi connectivity index (χ0v) is 12.9. The van der Waals surface area contributed by atoms with Gasteiger partial charge in [-0.25, -0.2) is 0 Å². The normalized spacial score (nSPS) is 10.7. The van der Waals surface area contributed by atoms with Crippen molar-refractivity contribution in [3.8, 4) is 6.07 Å². The van der Waals surface area contributed by atoms with Crippen LogP contribution in [-0.2, 0) is 9.59 Å². The first-order valence-corrected chi connectivity index (χ1v) is 7.01. The summed E-state index contributed by atoms with van der Waals surface area (Å²) in [5, 5.41) is 23.3. The number of rotatable bonds is 7. The van der Waals surface area contributed by atoms with Crippen molar-refractivity contribution in [2.75, 3.05) is 11.9 Å². The lowest BCUT2D eigenvalue weighted by atomic mass is 10.2. The summed E-state index contributed by atoms with van der Waals surface area (Å²) in [6.45, 7) is 0.345. The molecular weight excluding hydrogens is 329 g/mol. The van der Waals surface area contributed by atoms with Gasteiger partial charge in [-0.15, -0.1) is 0 Å². The zero-order valence-electron chi connectivity index (χ0n) is 11.4. The molecule has 0 aliphatic carbocycles. The van der Waals surface area contributed by atoms with Crippen LogP contribution < -0.4 is 10.6 Å². The van der Waals surface area contributed by atoms with E-state index < -0.39 is 11.9 Å². The molecule has 8 heteroatoms. The molecule has 3 N–H and O–H groups in total. The maximum Gasteiger partial charge on any atom is 0.303 e. The fraction of sp³-hybridized carbons (Fsp3) is 0.214. The molecule has 1 aromatic rings. The van der Waals surface area contributed by atoms with Crippen molar-refractivity contribution in [3.63, 3.8) is 0 Å². The van der Waals surface area contributed by atoms with Gasteiger partial charge < -0.3 is 15.7 Å². The number of anilines is 1. The average Bonchev–Trinajstić information content (AvgIpc) is 2.46. The minimum atomic E-state index is -0.899. The molecule has 0 radical (unpaired) electrons. The van der Waals surface area contributed by atoms with E-state index in [9.17, 15) is 9.59 Å². The van der Waals surface area contributed by atoms with E-state index in [4.69, 9.17) is 33.6 Å². The molecule has 1 rings (SSSR count). The van der Waals surface area contributed by atoms with E-state index in [0.717, 1.165) is 0 Å². The number of aliphatic carboxylic acids is 1. The van der Waals surface area contributed by atoms with Crippen molar-refractivity contribution in [1.82, 2.24) is 5.32 Å². The Morgan fingerprint density at radius 2 is 2.05 bits per heavy atom. The summed E-state index contributed by atoms with van der Waals surface area (Å²) in [5.41, 5.74) is 0.271. The maximum absolute atomic E-state index is 11.9. The van der Waals surface area contributed by atoms with E-state index >= 15 is 0 Å². The number of halogens is 2. The lowest BCUT2D eigenvalue weighted by molar-refractivity contribution is -0.137. The van der Waals surface area contributed by atoms with Gasteiger partial charge in [0.15, 0.2) is 0 Å². The molecule has 0 saturated carbocycles. The van der Waals surface area contributed by atoms with Crippen LogP contribution in [0.5, 0.6) is 0 Å². The summed E-state index contributed by atoms with van der Waals surface area (Å²) >= 11 is 11.6. The lowest BCUT2D eigenvalue weighted by Crippen LogP contribution is -2.17. The van der Waals surface area contributed by atoms with E-state index in [1.54, 1.807) is 12.1 Å². The van der Waals surface area contributed by atoms with Gasteiger partial charge in [0.25, 0.3) is 5.91 Å². The zero-order chi connectivity index (χ0) is 16.5. The standard InChI is InChI=1S/C14H13Cl2N3O3/c15-11-4-3-10(6-12(11)16)19-14(22)9(7-17)8-18-5-1-2-13(20)21/h3-4,6,8,18H,1-2,5H2,(H,19,22)(H,20,21)/b9-8-. The van der Waals surface area contributed by atoms with E-state index in [1.807, 2.05) is 0 Å². The maximum atomic E-state index is 11.9. The quantitative estimate of drug-likeness (QED) is 0.402. The molecule has 0 aromatic heterocycles. The second-order valence-corrected chi connectivity index (χ2v) is 5.02. The molecule has 116 valence electrons. The Labute approximate surface area is 137 Å². The van der Waals surface area contributed by atoms with E-state index in [-0.39, 0.29) is 17.0 Å². The Hall–Kier alpha value is -2.23. The van der Waals surface area contributed by atoms with Crippen molar-refractivity contribution in [1.29, 1.82) is 5.26 Å². The van der Waals surface area contributed by atoms with E-state index in [0.29, 0.717) is 23.7 Å². The third-order valence-corrected chi connectivity index (χ3v) is 3.24. The Balaban J connectivity index is 2.58. The summed E-state index contributed by atoms with van der Waals surface area (Å²) in [5.74, 6) is -1.50. The summed E-state index contributed by atoms with van der Waals surface area (Å²) in [6.07, 6.45) is 1.64. The van der Waals surface area contributed by atoms with Crippen LogP contribution in [0.1, 0.15) is 12.8 Å². The van der Waals surface area contributed by atoms with Crippen molar-refractivity contribution >= 4 is 40.8 Å². The Morgan fingerprint density at radius 1 is 1.32 bits per heavy atom. The second-order valence-electron chi connectivity index (χ2n) is 4.20. The van der Waals surface area contributed by atoms with Crippen molar-refractivity contribution in [2.24, 2.45) is 0 Å². The highest BCUT2D eigenvalue weighted by molar-refractivity contribution is 6.42. The minimum absolute atomic E-state index is 0.0121. The molecule has 22 heavy (non-hydrogen) atoms. The highest BCUT2D eigenvalue weighted by Gasteiger charge is 2.10. The minimum Gasteiger partial charge on any atom is -0.481 e. The monoisotopic (exact) mass is 341 g/mol. The lowest BCUT2D eigenvalue weighted by Gasteiger charge is -2.06. The topological polar surface area (TPSA) is 102 Å². The Morgan fingerprint density at radius 3 is 2.64 bits per heavy atom. The predicted octanol–water partition coefficient (Wildman–Crippen LogP) is 2.79. The van der Waals surface area contributed by atoms with Gasteiger partial charge in [-0.1, -0.05) is 23.2 Å². The van der Waals surface area contributed by atoms with Gasteiger partial charge in [0.1, 0.15) is 11.6 Å². The molecule has 0 atom stereocenters. The Kier molecular flexibility index (Phi) is 7.23. The molecule has 0 spiro atoms. The van der Waals surface area contributed by atoms with Gasteiger partial charge in [-0.05, 0) is 24.6 Å². The van der Waals surface area contributed by atoms with Crippen LogP contribution in [0.2, 0.25) is 10.0 Å². The number of hydrogen-bond donors (Lipinski definition) is 3. The number of benzene rings is 1. The second kappa shape index (κ2) is 8.93. The fourth-order valence-corrected chi connectivity index (χ4v) is 1.73. The molecule has 0 bridgehead atoms.